The number of halogens is 1. The van der Waals surface area contributed by atoms with Crippen LogP contribution >= 0.6 is 15.9 Å². The number of nitrogens with one attached hydrogen (secondary N) is 1. The third-order valence-electron chi connectivity index (χ3n) is 2.64. The molecular formula is C14H20BrNO3. The Bertz CT molecular complexity index is 410. The van der Waals surface area contributed by atoms with E-state index in [0.717, 1.165) is 15.8 Å². The Morgan fingerprint density at radius 3 is 2.89 bits per heavy atom. The van der Waals surface area contributed by atoms with E-state index in [-0.39, 0.29) is 5.91 Å². The van der Waals surface area contributed by atoms with E-state index in [2.05, 4.69) is 21.2 Å². The van der Waals surface area contributed by atoms with Crippen LogP contribution in [-0.4, -0.2) is 32.8 Å². The standard InChI is InChI=1S/C14H20BrNO3/c1-3-19-9-8-16-14(17)7-4-11-10-12(15)5-6-13(11)18-2/h5-6,10H,3-4,7-9H2,1-2H3,(H,16,17). The van der Waals surface area contributed by atoms with Gasteiger partial charge >= 0.3 is 0 Å². The molecule has 4 nitrogen and oxygen atoms in total. The van der Waals surface area contributed by atoms with Crippen molar-refractivity contribution >= 4 is 21.8 Å². The molecule has 0 aliphatic heterocycles. The van der Waals surface area contributed by atoms with Gasteiger partial charge in [0.2, 0.25) is 5.91 Å². The summed E-state index contributed by atoms with van der Waals surface area (Å²) in [7, 11) is 1.63. The van der Waals surface area contributed by atoms with Gasteiger partial charge in [-0.25, -0.2) is 0 Å². The summed E-state index contributed by atoms with van der Waals surface area (Å²) < 4.78 is 11.4. The third-order valence-corrected chi connectivity index (χ3v) is 3.13. The Morgan fingerprint density at radius 2 is 2.21 bits per heavy atom. The molecule has 0 saturated carbocycles. The maximum Gasteiger partial charge on any atom is 0.220 e. The molecule has 0 saturated heterocycles. The van der Waals surface area contributed by atoms with Crippen molar-refractivity contribution in [2.24, 2.45) is 0 Å². The van der Waals surface area contributed by atoms with Crippen molar-refractivity contribution < 1.29 is 14.3 Å². The van der Waals surface area contributed by atoms with Crippen LogP contribution in [0.25, 0.3) is 0 Å². The van der Waals surface area contributed by atoms with Gasteiger partial charge in [-0.15, -0.1) is 0 Å². The van der Waals surface area contributed by atoms with Crippen molar-refractivity contribution in [1.82, 2.24) is 5.32 Å². The average molecular weight is 330 g/mol. The molecule has 1 aromatic rings. The van der Waals surface area contributed by atoms with Crippen LogP contribution in [-0.2, 0) is 16.0 Å². The van der Waals surface area contributed by atoms with Gasteiger partial charge in [-0.2, -0.15) is 0 Å². The van der Waals surface area contributed by atoms with Crippen LogP contribution < -0.4 is 10.1 Å². The van der Waals surface area contributed by atoms with E-state index < -0.39 is 0 Å². The van der Waals surface area contributed by atoms with Crippen LogP contribution in [0.4, 0.5) is 0 Å². The Morgan fingerprint density at radius 1 is 1.42 bits per heavy atom. The Labute approximate surface area is 122 Å². The number of hydrogen-bond acceptors (Lipinski definition) is 3. The number of benzene rings is 1. The van der Waals surface area contributed by atoms with Gasteiger partial charge in [-0.1, -0.05) is 15.9 Å². The zero-order chi connectivity index (χ0) is 14.1. The fourth-order valence-corrected chi connectivity index (χ4v) is 2.09. The highest BCUT2D eigenvalue weighted by Gasteiger charge is 2.07. The number of carbonyl (C=O) groups excluding carboxylic acids is 1. The van der Waals surface area contributed by atoms with Crippen molar-refractivity contribution in [1.29, 1.82) is 0 Å². The number of hydrogen-bond donors (Lipinski definition) is 1. The van der Waals surface area contributed by atoms with Crippen LogP contribution in [0, 0.1) is 0 Å². The highest BCUT2D eigenvalue weighted by Crippen LogP contribution is 2.24. The summed E-state index contributed by atoms with van der Waals surface area (Å²) in [6.07, 6.45) is 1.10. The summed E-state index contributed by atoms with van der Waals surface area (Å²) in [4.78, 5) is 11.6. The lowest BCUT2D eigenvalue weighted by Crippen LogP contribution is -2.27. The molecule has 19 heavy (non-hydrogen) atoms. The van der Waals surface area contributed by atoms with Crippen LogP contribution in [0.1, 0.15) is 18.9 Å². The summed E-state index contributed by atoms with van der Waals surface area (Å²) in [5.74, 6) is 0.840. The summed E-state index contributed by atoms with van der Waals surface area (Å²) >= 11 is 3.42. The van der Waals surface area contributed by atoms with Crippen molar-refractivity contribution in [2.75, 3.05) is 26.9 Å². The predicted molar refractivity (Wildman–Crippen MR) is 78.5 cm³/mol. The summed E-state index contributed by atoms with van der Waals surface area (Å²) in [6, 6.07) is 5.79. The first-order valence-electron chi connectivity index (χ1n) is 6.34. The van der Waals surface area contributed by atoms with Crippen LogP contribution in [0.2, 0.25) is 0 Å². The van der Waals surface area contributed by atoms with Crippen LogP contribution in [0.5, 0.6) is 5.75 Å². The molecule has 5 heteroatoms. The maximum absolute atomic E-state index is 11.6. The molecule has 0 atom stereocenters. The first-order chi connectivity index (χ1) is 9.17. The number of ether oxygens (including phenoxy) is 2. The lowest BCUT2D eigenvalue weighted by atomic mass is 10.1. The molecule has 0 aliphatic rings. The smallest absolute Gasteiger partial charge is 0.220 e. The minimum Gasteiger partial charge on any atom is -0.496 e. The molecule has 0 bridgehead atoms. The second-order valence-electron chi connectivity index (χ2n) is 4.00. The van der Waals surface area contributed by atoms with E-state index >= 15 is 0 Å². The lowest BCUT2D eigenvalue weighted by Gasteiger charge is -2.09. The van der Waals surface area contributed by atoms with Crippen molar-refractivity contribution in [2.45, 2.75) is 19.8 Å². The van der Waals surface area contributed by atoms with Crippen molar-refractivity contribution in [3.63, 3.8) is 0 Å². The fourth-order valence-electron chi connectivity index (χ4n) is 1.69. The van der Waals surface area contributed by atoms with Gasteiger partial charge in [0, 0.05) is 24.0 Å². The van der Waals surface area contributed by atoms with Gasteiger partial charge in [0.1, 0.15) is 5.75 Å². The highest BCUT2D eigenvalue weighted by atomic mass is 79.9. The second-order valence-corrected chi connectivity index (χ2v) is 4.92. The minimum absolute atomic E-state index is 0.0294. The molecule has 1 amide bonds. The van der Waals surface area contributed by atoms with Gasteiger partial charge in [0.25, 0.3) is 0 Å². The van der Waals surface area contributed by atoms with Crippen LogP contribution in [0.15, 0.2) is 22.7 Å². The Kier molecular flexibility index (Phi) is 7.52. The average Bonchev–Trinajstić information content (AvgIpc) is 2.41. The number of aryl methyl sites for hydroxylation is 1. The Hall–Kier alpha value is -1.07. The maximum atomic E-state index is 11.6. The molecule has 1 N–H and O–H groups in total. The summed E-state index contributed by atoms with van der Waals surface area (Å²) in [5.41, 5.74) is 1.02. The van der Waals surface area contributed by atoms with E-state index in [4.69, 9.17) is 9.47 Å². The molecule has 0 spiro atoms. The van der Waals surface area contributed by atoms with E-state index in [9.17, 15) is 4.79 Å². The van der Waals surface area contributed by atoms with Crippen molar-refractivity contribution in [3.05, 3.63) is 28.2 Å². The molecule has 0 unspecified atom stereocenters. The van der Waals surface area contributed by atoms with E-state index in [0.29, 0.717) is 32.6 Å². The van der Waals surface area contributed by atoms with Gasteiger partial charge in [0.15, 0.2) is 0 Å². The van der Waals surface area contributed by atoms with E-state index in [1.165, 1.54) is 0 Å². The quantitative estimate of drug-likeness (QED) is 0.745. The monoisotopic (exact) mass is 329 g/mol. The molecular weight excluding hydrogens is 310 g/mol. The molecule has 0 fully saturated rings. The SMILES string of the molecule is CCOCCNC(=O)CCc1cc(Br)ccc1OC. The number of amides is 1. The topological polar surface area (TPSA) is 47.6 Å². The first kappa shape index (κ1) is 16.0. The summed E-state index contributed by atoms with van der Waals surface area (Å²) in [5, 5.41) is 2.82. The predicted octanol–water partition coefficient (Wildman–Crippen LogP) is 2.54. The Balaban J connectivity index is 2.39. The molecule has 1 aromatic carbocycles. The lowest BCUT2D eigenvalue weighted by molar-refractivity contribution is -0.121. The van der Waals surface area contributed by atoms with Gasteiger partial charge in [0.05, 0.1) is 13.7 Å². The fraction of sp³-hybridized carbons (Fsp3) is 0.500. The normalized spacial score (nSPS) is 10.3. The summed E-state index contributed by atoms with van der Waals surface area (Å²) in [6.45, 7) is 3.72. The highest BCUT2D eigenvalue weighted by molar-refractivity contribution is 9.10. The van der Waals surface area contributed by atoms with Gasteiger partial charge < -0.3 is 14.8 Å². The van der Waals surface area contributed by atoms with Crippen LogP contribution in [0.3, 0.4) is 0 Å². The third kappa shape index (κ3) is 6.07. The van der Waals surface area contributed by atoms with Gasteiger partial charge in [-0.05, 0) is 37.1 Å². The molecule has 0 aliphatic carbocycles. The molecule has 0 radical (unpaired) electrons. The van der Waals surface area contributed by atoms with E-state index in [1.807, 2.05) is 25.1 Å². The molecule has 1 rings (SSSR count). The number of carbonyl (C=O) groups is 1. The second kappa shape index (κ2) is 8.93. The number of methoxy groups -OCH3 is 1. The molecule has 0 aromatic heterocycles. The van der Waals surface area contributed by atoms with Gasteiger partial charge in [-0.3, -0.25) is 4.79 Å². The first-order valence-corrected chi connectivity index (χ1v) is 7.13. The minimum atomic E-state index is 0.0294. The molecule has 106 valence electrons. The zero-order valence-corrected chi connectivity index (χ0v) is 13.0. The zero-order valence-electron chi connectivity index (χ0n) is 11.4. The van der Waals surface area contributed by atoms with Crippen molar-refractivity contribution in [3.8, 4) is 5.75 Å². The van der Waals surface area contributed by atoms with E-state index in [1.54, 1.807) is 7.11 Å². The largest absolute Gasteiger partial charge is 0.496 e. The number of rotatable bonds is 8. The molecule has 0 heterocycles.